The van der Waals surface area contributed by atoms with Gasteiger partial charge in [-0.1, -0.05) is 11.6 Å². The molecule has 8 heteroatoms. The van der Waals surface area contributed by atoms with Crippen molar-refractivity contribution in [2.24, 2.45) is 0 Å². The Morgan fingerprint density at radius 1 is 1.14 bits per heavy atom. The maximum absolute atomic E-state index is 13.9. The number of hydrogen-bond acceptors (Lipinski definition) is 4. The van der Waals surface area contributed by atoms with Crippen LogP contribution >= 0.6 is 11.6 Å². The first kappa shape index (κ1) is 19.4. The molecule has 0 saturated heterocycles. The van der Waals surface area contributed by atoms with Crippen LogP contribution in [0, 0.1) is 12.7 Å². The molecule has 0 fully saturated rings. The molecule has 0 radical (unpaired) electrons. The third-order valence-electron chi connectivity index (χ3n) is 3.89. The van der Waals surface area contributed by atoms with E-state index in [1.54, 1.807) is 13.0 Å². The fraction of sp³-hybridized carbons (Fsp3) is 0.100. The number of benzene rings is 2. The van der Waals surface area contributed by atoms with Crippen LogP contribution in [0.4, 0.5) is 10.1 Å². The Bertz CT molecular complexity index is 1100. The Kier molecular flexibility index (Phi) is 5.65. The number of aromatic nitrogens is 1. The number of ether oxygens (including phenoxy) is 2. The molecule has 0 aliphatic carbocycles. The highest BCUT2D eigenvalue weighted by atomic mass is 35.5. The number of hydrogen-bond donors (Lipinski definition) is 2. The number of pyridine rings is 1. The van der Waals surface area contributed by atoms with Crippen LogP contribution in [0.5, 0.6) is 17.2 Å². The number of carbonyl (C=O) groups excluding carboxylic acids is 1. The summed E-state index contributed by atoms with van der Waals surface area (Å²) in [5.74, 6) is -0.678. The topological polar surface area (TPSA) is 80.4 Å². The zero-order valence-corrected chi connectivity index (χ0v) is 15.8. The lowest BCUT2D eigenvalue weighted by atomic mass is 10.1. The van der Waals surface area contributed by atoms with E-state index in [4.69, 9.17) is 21.1 Å². The number of methoxy groups -OCH3 is 1. The Balaban J connectivity index is 1.95. The molecule has 144 valence electrons. The van der Waals surface area contributed by atoms with Gasteiger partial charge in [0.2, 0.25) is 5.56 Å². The van der Waals surface area contributed by atoms with E-state index >= 15 is 0 Å². The monoisotopic (exact) mass is 402 g/mol. The van der Waals surface area contributed by atoms with E-state index in [1.165, 1.54) is 43.6 Å². The first-order valence-electron chi connectivity index (χ1n) is 8.19. The standard InChI is InChI=1S/C20H16ClFN2O4/c1-11-7-18(28-13-3-4-17(27-2)16(22)9-13)14(10-15(11)21)20(26)24-12-5-6-23-19(25)8-12/h3-10H,1-2H3,(H2,23,24,25,26). The van der Waals surface area contributed by atoms with Gasteiger partial charge in [0.1, 0.15) is 11.5 Å². The van der Waals surface area contributed by atoms with Crippen molar-refractivity contribution in [1.82, 2.24) is 4.98 Å². The Morgan fingerprint density at radius 3 is 2.61 bits per heavy atom. The summed E-state index contributed by atoms with van der Waals surface area (Å²) in [6.07, 6.45) is 1.41. The van der Waals surface area contributed by atoms with Crippen molar-refractivity contribution in [3.63, 3.8) is 0 Å². The molecule has 0 spiro atoms. The highest BCUT2D eigenvalue weighted by molar-refractivity contribution is 6.32. The summed E-state index contributed by atoms with van der Waals surface area (Å²) < 4.78 is 24.6. The Hall–Kier alpha value is -3.32. The second-order valence-corrected chi connectivity index (χ2v) is 6.30. The third-order valence-corrected chi connectivity index (χ3v) is 4.30. The van der Waals surface area contributed by atoms with E-state index in [9.17, 15) is 14.0 Å². The molecule has 0 unspecified atom stereocenters. The number of aryl methyl sites for hydroxylation is 1. The summed E-state index contributed by atoms with van der Waals surface area (Å²) >= 11 is 6.16. The van der Waals surface area contributed by atoms with Gasteiger partial charge in [0.25, 0.3) is 5.91 Å². The normalized spacial score (nSPS) is 10.4. The molecule has 1 aromatic heterocycles. The van der Waals surface area contributed by atoms with Gasteiger partial charge in [0, 0.05) is 29.0 Å². The van der Waals surface area contributed by atoms with Crippen LogP contribution in [0.25, 0.3) is 0 Å². The molecule has 6 nitrogen and oxygen atoms in total. The quantitative estimate of drug-likeness (QED) is 0.657. The minimum atomic E-state index is -0.597. The minimum absolute atomic E-state index is 0.0758. The summed E-state index contributed by atoms with van der Waals surface area (Å²) in [6, 6.07) is 9.91. The predicted octanol–water partition coefficient (Wildman–Crippen LogP) is 4.53. The van der Waals surface area contributed by atoms with Crippen molar-refractivity contribution in [3.8, 4) is 17.2 Å². The molecule has 2 N–H and O–H groups in total. The molecule has 3 aromatic rings. The Labute approximate surface area is 164 Å². The molecule has 0 atom stereocenters. The van der Waals surface area contributed by atoms with Gasteiger partial charge in [-0.3, -0.25) is 9.59 Å². The number of halogens is 2. The second kappa shape index (κ2) is 8.14. The zero-order valence-electron chi connectivity index (χ0n) is 15.0. The molecule has 2 aromatic carbocycles. The van der Waals surface area contributed by atoms with Gasteiger partial charge in [-0.05, 0) is 42.8 Å². The lowest BCUT2D eigenvalue weighted by molar-refractivity contribution is 0.102. The largest absolute Gasteiger partial charge is 0.494 e. The lowest BCUT2D eigenvalue weighted by Crippen LogP contribution is -2.15. The maximum Gasteiger partial charge on any atom is 0.259 e. The number of aromatic amines is 1. The molecule has 0 saturated carbocycles. The van der Waals surface area contributed by atoms with Crippen molar-refractivity contribution in [2.45, 2.75) is 6.92 Å². The van der Waals surface area contributed by atoms with E-state index in [-0.39, 0.29) is 28.4 Å². The fourth-order valence-electron chi connectivity index (χ4n) is 2.48. The molecule has 1 heterocycles. The van der Waals surface area contributed by atoms with Crippen molar-refractivity contribution in [1.29, 1.82) is 0 Å². The number of anilines is 1. The number of nitrogens with one attached hydrogen (secondary N) is 2. The highest BCUT2D eigenvalue weighted by Gasteiger charge is 2.17. The molecular formula is C20H16ClFN2O4. The van der Waals surface area contributed by atoms with Gasteiger partial charge in [-0.25, -0.2) is 4.39 Å². The van der Waals surface area contributed by atoms with Crippen LogP contribution in [0.3, 0.4) is 0 Å². The van der Waals surface area contributed by atoms with Crippen LogP contribution in [0.1, 0.15) is 15.9 Å². The summed E-state index contributed by atoms with van der Waals surface area (Å²) in [7, 11) is 1.36. The lowest BCUT2D eigenvalue weighted by Gasteiger charge is -2.14. The third kappa shape index (κ3) is 4.32. The Morgan fingerprint density at radius 2 is 1.93 bits per heavy atom. The van der Waals surface area contributed by atoms with Crippen LogP contribution in [-0.4, -0.2) is 18.0 Å². The average molecular weight is 403 g/mol. The first-order chi connectivity index (χ1) is 13.4. The summed E-state index contributed by atoms with van der Waals surface area (Å²) in [6.45, 7) is 1.75. The van der Waals surface area contributed by atoms with Gasteiger partial charge in [-0.2, -0.15) is 0 Å². The summed E-state index contributed by atoms with van der Waals surface area (Å²) in [5, 5.41) is 2.97. The van der Waals surface area contributed by atoms with Gasteiger partial charge in [0.05, 0.1) is 12.7 Å². The number of amides is 1. The number of rotatable bonds is 5. The van der Waals surface area contributed by atoms with Gasteiger partial charge in [0.15, 0.2) is 11.6 Å². The van der Waals surface area contributed by atoms with Gasteiger partial charge < -0.3 is 19.8 Å². The van der Waals surface area contributed by atoms with Crippen LogP contribution in [0.2, 0.25) is 5.02 Å². The zero-order chi connectivity index (χ0) is 20.3. The molecule has 0 aliphatic rings. The maximum atomic E-state index is 13.9. The van der Waals surface area contributed by atoms with E-state index in [0.717, 1.165) is 6.07 Å². The summed E-state index contributed by atoms with van der Waals surface area (Å²) in [5.41, 5.74) is 0.766. The van der Waals surface area contributed by atoms with Gasteiger partial charge >= 0.3 is 0 Å². The van der Waals surface area contributed by atoms with E-state index in [1.807, 2.05) is 0 Å². The fourth-order valence-corrected chi connectivity index (χ4v) is 2.64. The number of carbonyl (C=O) groups is 1. The smallest absolute Gasteiger partial charge is 0.259 e. The predicted molar refractivity (Wildman–Crippen MR) is 104 cm³/mol. The van der Waals surface area contributed by atoms with Gasteiger partial charge in [-0.15, -0.1) is 0 Å². The molecule has 0 bridgehead atoms. The molecule has 0 aliphatic heterocycles. The minimum Gasteiger partial charge on any atom is -0.494 e. The van der Waals surface area contributed by atoms with Crippen molar-refractivity contribution in [3.05, 3.63) is 81.0 Å². The van der Waals surface area contributed by atoms with Crippen LogP contribution in [-0.2, 0) is 0 Å². The summed E-state index contributed by atoms with van der Waals surface area (Å²) in [4.78, 5) is 26.6. The first-order valence-corrected chi connectivity index (χ1v) is 8.57. The highest BCUT2D eigenvalue weighted by Crippen LogP contribution is 2.32. The van der Waals surface area contributed by atoms with Crippen LogP contribution < -0.4 is 20.3 Å². The van der Waals surface area contributed by atoms with Crippen LogP contribution in [0.15, 0.2) is 53.5 Å². The van der Waals surface area contributed by atoms with Crippen molar-refractivity contribution < 1.29 is 18.7 Å². The van der Waals surface area contributed by atoms with E-state index in [0.29, 0.717) is 16.3 Å². The van der Waals surface area contributed by atoms with E-state index in [2.05, 4.69) is 10.3 Å². The SMILES string of the molecule is COc1ccc(Oc2cc(C)c(Cl)cc2C(=O)Nc2cc[nH]c(=O)c2)cc1F. The molecule has 3 rings (SSSR count). The van der Waals surface area contributed by atoms with E-state index < -0.39 is 11.7 Å². The second-order valence-electron chi connectivity index (χ2n) is 5.89. The average Bonchev–Trinajstić information content (AvgIpc) is 2.64. The number of H-pyrrole nitrogens is 1. The van der Waals surface area contributed by atoms with Crippen molar-refractivity contribution >= 4 is 23.2 Å². The molecular weight excluding hydrogens is 387 g/mol. The molecule has 28 heavy (non-hydrogen) atoms. The molecule has 1 amide bonds. The van der Waals surface area contributed by atoms with Crippen molar-refractivity contribution in [2.75, 3.05) is 12.4 Å².